The standard InChI is InChI=1S/C24H16F3N/c25-19-14-22(26)24(23(27)15-19)18-8-12-21(13-9-18)28-20-10-6-17(7-11-20)16-4-2-1-3-5-16/h1-15,28H. The Kier molecular flexibility index (Phi) is 4.85. The molecule has 138 valence electrons. The van der Waals surface area contributed by atoms with Crippen LogP contribution < -0.4 is 5.32 Å². The number of benzene rings is 4. The largest absolute Gasteiger partial charge is 0.356 e. The summed E-state index contributed by atoms with van der Waals surface area (Å²) in [6, 6.07) is 26.1. The van der Waals surface area contributed by atoms with Gasteiger partial charge in [-0.3, -0.25) is 0 Å². The lowest BCUT2D eigenvalue weighted by Crippen LogP contribution is -1.94. The van der Waals surface area contributed by atoms with Gasteiger partial charge in [-0.15, -0.1) is 0 Å². The van der Waals surface area contributed by atoms with Crippen LogP contribution in [0.5, 0.6) is 0 Å². The second-order valence-electron chi connectivity index (χ2n) is 6.39. The van der Waals surface area contributed by atoms with E-state index in [-0.39, 0.29) is 5.56 Å². The van der Waals surface area contributed by atoms with Crippen molar-refractivity contribution in [2.75, 3.05) is 5.32 Å². The van der Waals surface area contributed by atoms with Crippen molar-refractivity contribution in [2.24, 2.45) is 0 Å². The first kappa shape index (κ1) is 17.9. The molecule has 0 amide bonds. The zero-order chi connectivity index (χ0) is 19.5. The Bertz CT molecular complexity index is 1070. The van der Waals surface area contributed by atoms with E-state index in [2.05, 4.69) is 17.4 Å². The fourth-order valence-corrected chi connectivity index (χ4v) is 3.08. The first-order valence-corrected chi connectivity index (χ1v) is 8.78. The molecule has 0 bridgehead atoms. The van der Waals surface area contributed by atoms with Crippen LogP contribution in [-0.4, -0.2) is 0 Å². The predicted octanol–water partition coefficient (Wildman–Crippen LogP) is 7.18. The van der Waals surface area contributed by atoms with Gasteiger partial charge in [0.15, 0.2) is 0 Å². The molecule has 0 atom stereocenters. The highest BCUT2D eigenvalue weighted by Crippen LogP contribution is 2.29. The van der Waals surface area contributed by atoms with Gasteiger partial charge in [-0.2, -0.15) is 0 Å². The third-order valence-corrected chi connectivity index (χ3v) is 4.46. The van der Waals surface area contributed by atoms with Crippen molar-refractivity contribution in [3.8, 4) is 22.3 Å². The maximum absolute atomic E-state index is 13.9. The zero-order valence-electron chi connectivity index (χ0n) is 14.8. The van der Waals surface area contributed by atoms with E-state index in [1.165, 1.54) is 0 Å². The highest BCUT2D eigenvalue weighted by Gasteiger charge is 2.13. The minimum atomic E-state index is -0.934. The van der Waals surface area contributed by atoms with Gasteiger partial charge in [0.2, 0.25) is 0 Å². The van der Waals surface area contributed by atoms with E-state index in [1.54, 1.807) is 24.3 Å². The van der Waals surface area contributed by atoms with Gasteiger partial charge < -0.3 is 5.32 Å². The highest BCUT2D eigenvalue weighted by atomic mass is 19.1. The molecule has 0 fully saturated rings. The van der Waals surface area contributed by atoms with Gasteiger partial charge in [0.05, 0.1) is 5.56 Å². The molecule has 0 aliphatic carbocycles. The molecule has 0 saturated heterocycles. The lowest BCUT2D eigenvalue weighted by Gasteiger charge is -2.10. The lowest BCUT2D eigenvalue weighted by molar-refractivity contribution is 0.548. The third kappa shape index (κ3) is 3.76. The molecular weight excluding hydrogens is 359 g/mol. The normalized spacial score (nSPS) is 10.7. The van der Waals surface area contributed by atoms with Crippen molar-refractivity contribution >= 4 is 11.4 Å². The number of rotatable bonds is 4. The van der Waals surface area contributed by atoms with Crippen molar-refractivity contribution in [3.05, 3.63) is 108 Å². The van der Waals surface area contributed by atoms with Crippen LogP contribution in [0.15, 0.2) is 91.0 Å². The molecule has 0 aliphatic rings. The summed E-state index contributed by atoms with van der Waals surface area (Å²) >= 11 is 0. The second kappa shape index (κ2) is 7.61. The Labute approximate surface area is 161 Å². The van der Waals surface area contributed by atoms with Gasteiger partial charge in [-0.25, -0.2) is 13.2 Å². The van der Waals surface area contributed by atoms with Crippen LogP contribution in [0.3, 0.4) is 0 Å². The number of hydrogen-bond donors (Lipinski definition) is 1. The molecule has 0 aliphatic heterocycles. The third-order valence-electron chi connectivity index (χ3n) is 4.46. The quantitative estimate of drug-likeness (QED) is 0.398. The van der Waals surface area contributed by atoms with E-state index in [0.29, 0.717) is 17.7 Å². The van der Waals surface area contributed by atoms with E-state index >= 15 is 0 Å². The van der Waals surface area contributed by atoms with Crippen molar-refractivity contribution in [2.45, 2.75) is 0 Å². The first-order chi connectivity index (χ1) is 13.6. The van der Waals surface area contributed by atoms with Crippen molar-refractivity contribution in [1.82, 2.24) is 0 Å². The Hall–Kier alpha value is -3.53. The van der Waals surface area contributed by atoms with Crippen molar-refractivity contribution in [3.63, 3.8) is 0 Å². The molecule has 0 spiro atoms. The molecule has 0 radical (unpaired) electrons. The van der Waals surface area contributed by atoms with E-state index in [4.69, 9.17) is 0 Å². The molecule has 0 unspecified atom stereocenters. The number of halogens is 3. The highest BCUT2D eigenvalue weighted by molar-refractivity contribution is 5.71. The molecule has 1 nitrogen and oxygen atoms in total. The molecule has 4 aromatic carbocycles. The summed E-state index contributed by atoms with van der Waals surface area (Å²) in [5, 5.41) is 3.25. The molecule has 4 aromatic rings. The number of nitrogens with one attached hydrogen (secondary N) is 1. The van der Waals surface area contributed by atoms with Gasteiger partial charge >= 0.3 is 0 Å². The van der Waals surface area contributed by atoms with Crippen LogP contribution in [0.2, 0.25) is 0 Å². The summed E-state index contributed by atoms with van der Waals surface area (Å²) in [6.07, 6.45) is 0. The molecular formula is C24H16F3N. The second-order valence-corrected chi connectivity index (χ2v) is 6.39. The molecule has 0 saturated carbocycles. The fourth-order valence-electron chi connectivity index (χ4n) is 3.08. The van der Waals surface area contributed by atoms with Crippen LogP contribution in [0.1, 0.15) is 0 Å². The maximum Gasteiger partial charge on any atom is 0.136 e. The summed E-state index contributed by atoms with van der Waals surface area (Å²) < 4.78 is 40.9. The Morgan fingerprint density at radius 2 is 0.964 bits per heavy atom. The monoisotopic (exact) mass is 375 g/mol. The minimum absolute atomic E-state index is 0.236. The van der Waals surface area contributed by atoms with Crippen LogP contribution in [0.25, 0.3) is 22.3 Å². The SMILES string of the molecule is Fc1cc(F)c(-c2ccc(Nc3ccc(-c4ccccc4)cc3)cc2)c(F)c1. The smallest absolute Gasteiger partial charge is 0.136 e. The molecule has 1 N–H and O–H groups in total. The van der Waals surface area contributed by atoms with Gasteiger partial charge in [0, 0.05) is 23.5 Å². The Morgan fingerprint density at radius 1 is 0.500 bits per heavy atom. The topological polar surface area (TPSA) is 12.0 Å². The van der Waals surface area contributed by atoms with Crippen molar-refractivity contribution in [1.29, 1.82) is 0 Å². The van der Waals surface area contributed by atoms with E-state index < -0.39 is 17.5 Å². The average Bonchev–Trinajstić information content (AvgIpc) is 2.70. The lowest BCUT2D eigenvalue weighted by atomic mass is 10.0. The maximum atomic E-state index is 13.9. The number of hydrogen-bond acceptors (Lipinski definition) is 1. The van der Waals surface area contributed by atoms with E-state index in [0.717, 1.165) is 22.5 Å². The van der Waals surface area contributed by atoms with Gasteiger partial charge in [0.1, 0.15) is 17.5 Å². The number of anilines is 2. The van der Waals surface area contributed by atoms with Crippen LogP contribution in [-0.2, 0) is 0 Å². The molecule has 4 rings (SSSR count). The Balaban J connectivity index is 1.52. The fraction of sp³-hybridized carbons (Fsp3) is 0. The van der Waals surface area contributed by atoms with Crippen LogP contribution >= 0.6 is 0 Å². The molecule has 28 heavy (non-hydrogen) atoms. The minimum Gasteiger partial charge on any atom is -0.356 e. The zero-order valence-corrected chi connectivity index (χ0v) is 14.8. The van der Waals surface area contributed by atoms with Crippen LogP contribution in [0.4, 0.5) is 24.5 Å². The van der Waals surface area contributed by atoms with E-state index in [9.17, 15) is 13.2 Å². The molecule has 0 aromatic heterocycles. The van der Waals surface area contributed by atoms with Gasteiger partial charge in [-0.05, 0) is 41.0 Å². The first-order valence-electron chi connectivity index (χ1n) is 8.78. The summed E-state index contributed by atoms with van der Waals surface area (Å²) in [5.41, 5.74) is 4.04. The van der Waals surface area contributed by atoms with Gasteiger partial charge in [-0.1, -0.05) is 54.6 Å². The van der Waals surface area contributed by atoms with E-state index in [1.807, 2.05) is 42.5 Å². The Morgan fingerprint density at radius 3 is 1.50 bits per heavy atom. The van der Waals surface area contributed by atoms with Crippen LogP contribution in [0, 0.1) is 17.5 Å². The van der Waals surface area contributed by atoms with Crippen molar-refractivity contribution < 1.29 is 13.2 Å². The summed E-state index contributed by atoms with van der Waals surface area (Å²) in [7, 11) is 0. The van der Waals surface area contributed by atoms with Gasteiger partial charge in [0.25, 0.3) is 0 Å². The summed E-state index contributed by atoms with van der Waals surface area (Å²) in [4.78, 5) is 0. The average molecular weight is 375 g/mol. The molecule has 4 heteroatoms. The summed E-state index contributed by atoms with van der Waals surface area (Å²) in [6.45, 7) is 0. The molecule has 0 heterocycles. The predicted molar refractivity (Wildman–Crippen MR) is 107 cm³/mol. The summed E-state index contributed by atoms with van der Waals surface area (Å²) in [5.74, 6) is -2.78.